The second-order valence-corrected chi connectivity index (χ2v) is 8.38. The predicted octanol–water partition coefficient (Wildman–Crippen LogP) is 3.54. The first-order valence-corrected chi connectivity index (χ1v) is 10.9. The highest BCUT2D eigenvalue weighted by atomic mass is 19.4. The Kier molecular flexibility index (Phi) is 9.74. The summed E-state index contributed by atoms with van der Waals surface area (Å²) in [7, 11) is 0. The number of carboxylic acid groups (broad SMARTS) is 2. The Morgan fingerprint density at radius 1 is 0.971 bits per heavy atom. The van der Waals surface area contributed by atoms with Gasteiger partial charge in [0.2, 0.25) is 0 Å². The van der Waals surface area contributed by atoms with Crippen LogP contribution in [-0.4, -0.2) is 86.3 Å². The Labute approximate surface area is 192 Å². The van der Waals surface area contributed by atoms with E-state index >= 15 is 0 Å². The van der Waals surface area contributed by atoms with Crippen molar-refractivity contribution in [1.29, 1.82) is 0 Å². The molecular weight excluding hydrogens is 474 g/mol. The maximum Gasteiger partial charge on any atom is 0.490 e. The maximum atomic E-state index is 10.6. The smallest absolute Gasteiger partial charge is 0.475 e. The van der Waals surface area contributed by atoms with E-state index in [-0.39, 0.29) is 0 Å². The number of fused-ring (bicyclic) bond motifs is 1. The Morgan fingerprint density at radius 2 is 1.50 bits per heavy atom. The second-order valence-electron chi connectivity index (χ2n) is 8.38. The number of carboxylic acids is 2. The summed E-state index contributed by atoms with van der Waals surface area (Å²) in [6, 6.07) is 3.66. The minimum absolute atomic E-state index is 0.593. The lowest BCUT2D eigenvalue weighted by molar-refractivity contribution is -0.193. The third-order valence-corrected chi connectivity index (χ3v) is 5.96. The number of alkyl halides is 6. The summed E-state index contributed by atoms with van der Waals surface area (Å²) in [4.78, 5) is 23.1. The average Bonchev–Trinajstić information content (AvgIpc) is 3.36. The fourth-order valence-electron chi connectivity index (χ4n) is 4.00. The van der Waals surface area contributed by atoms with E-state index in [4.69, 9.17) is 19.8 Å². The molecule has 194 valence electrons. The van der Waals surface area contributed by atoms with Crippen molar-refractivity contribution in [3.63, 3.8) is 0 Å². The molecular formula is C20H28F6N4O4. The van der Waals surface area contributed by atoms with Crippen LogP contribution in [0.3, 0.4) is 0 Å². The number of rotatable bonds is 4. The van der Waals surface area contributed by atoms with E-state index in [0.29, 0.717) is 6.04 Å². The zero-order valence-corrected chi connectivity index (χ0v) is 18.4. The number of halogens is 6. The van der Waals surface area contributed by atoms with Crippen LogP contribution in [0.1, 0.15) is 50.3 Å². The summed E-state index contributed by atoms with van der Waals surface area (Å²) < 4.78 is 65.8. The molecule has 1 aliphatic carbocycles. The number of likely N-dealkylation sites (tertiary alicyclic amines) is 1. The molecule has 8 nitrogen and oxygen atoms in total. The average molecular weight is 502 g/mol. The summed E-state index contributed by atoms with van der Waals surface area (Å²) in [6.07, 6.45) is 0.122. The number of aliphatic carboxylic acids is 2. The standard InChI is InChI=1S/C16H26N4.2C2HF3O2/c1-2-10-18(9-1)11-7-16-13-19(14-4-3-5-14)12-15-6-8-17-20(15)16;2*3-2(4,5)1(6)7/h6,8,14,16H,1-5,7,9-13H2;2*(H,6,7). The van der Waals surface area contributed by atoms with Gasteiger partial charge < -0.3 is 15.1 Å². The topological polar surface area (TPSA) is 98.9 Å². The number of nitrogens with zero attached hydrogens (tertiary/aromatic N) is 4. The molecule has 14 heteroatoms. The normalized spacial score (nSPS) is 21.4. The Bertz CT molecular complexity index is 780. The molecule has 1 atom stereocenters. The van der Waals surface area contributed by atoms with Gasteiger partial charge in [-0.05, 0) is 51.3 Å². The van der Waals surface area contributed by atoms with Crippen molar-refractivity contribution >= 4 is 11.9 Å². The molecule has 3 heterocycles. The van der Waals surface area contributed by atoms with Gasteiger partial charge in [0, 0.05) is 31.9 Å². The van der Waals surface area contributed by atoms with E-state index in [1.165, 1.54) is 70.4 Å². The van der Waals surface area contributed by atoms with Crippen molar-refractivity contribution in [2.75, 3.05) is 26.2 Å². The van der Waals surface area contributed by atoms with Gasteiger partial charge in [-0.1, -0.05) is 6.42 Å². The number of aromatic nitrogens is 2. The van der Waals surface area contributed by atoms with Gasteiger partial charge in [0.25, 0.3) is 0 Å². The first-order chi connectivity index (χ1) is 15.8. The zero-order chi connectivity index (χ0) is 25.5. The highest BCUT2D eigenvalue weighted by Crippen LogP contribution is 2.32. The molecule has 2 fully saturated rings. The molecule has 1 saturated carbocycles. The van der Waals surface area contributed by atoms with E-state index in [1.54, 1.807) is 0 Å². The van der Waals surface area contributed by atoms with Gasteiger partial charge in [-0.3, -0.25) is 9.58 Å². The lowest BCUT2D eigenvalue weighted by atomic mass is 9.90. The van der Waals surface area contributed by atoms with Crippen LogP contribution in [0.2, 0.25) is 0 Å². The largest absolute Gasteiger partial charge is 0.490 e. The Balaban J connectivity index is 0.000000244. The van der Waals surface area contributed by atoms with Crippen LogP contribution in [-0.2, 0) is 16.1 Å². The van der Waals surface area contributed by atoms with Crippen molar-refractivity contribution in [3.8, 4) is 0 Å². The molecule has 1 saturated heterocycles. The minimum Gasteiger partial charge on any atom is -0.475 e. The molecule has 1 aromatic rings. The quantitative estimate of drug-likeness (QED) is 0.608. The van der Waals surface area contributed by atoms with Gasteiger partial charge in [-0.25, -0.2) is 9.59 Å². The summed E-state index contributed by atoms with van der Waals surface area (Å²) in [5.41, 5.74) is 1.43. The first kappa shape index (κ1) is 27.9. The highest BCUT2D eigenvalue weighted by molar-refractivity contribution is 5.73. The molecule has 2 N–H and O–H groups in total. The van der Waals surface area contributed by atoms with E-state index in [2.05, 4.69) is 25.6 Å². The summed E-state index contributed by atoms with van der Waals surface area (Å²) in [6.45, 7) is 6.20. The molecule has 3 aliphatic rings. The molecule has 0 spiro atoms. The molecule has 0 amide bonds. The van der Waals surface area contributed by atoms with Crippen LogP contribution < -0.4 is 0 Å². The molecule has 34 heavy (non-hydrogen) atoms. The lowest BCUT2D eigenvalue weighted by Crippen LogP contribution is -2.47. The van der Waals surface area contributed by atoms with Gasteiger partial charge >= 0.3 is 24.3 Å². The third kappa shape index (κ3) is 8.46. The second kappa shape index (κ2) is 11.9. The fraction of sp³-hybridized carbons (Fsp3) is 0.750. The monoisotopic (exact) mass is 502 g/mol. The molecule has 0 aromatic carbocycles. The summed E-state index contributed by atoms with van der Waals surface area (Å²) >= 11 is 0. The SMILES string of the molecule is O=C(O)C(F)(F)F.O=C(O)C(F)(F)F.c1cc2n(n1)C(CCN1CCCC1)CN(C1CCC1)C2. The van der Waals surface area contributed by atoms with Crippen LogP contribution in [0.15, 0.2) is 12.3 Å². The zero-order valence-electron chi connectivity index (χ0n) is 18.4. The van der Waals surface area contributed by atoms with E-state index in [1.807, 2.05) is 6.20 Å². The third-order valence-electron chi connectivity index (χ3n) is 5.96. The number of carbonyl (C=O) groups is 2. The van der Waals surface area contributed by atoms with E-state index in [9.17, 15) is 26.3 Å². The maximum absolute atomic E-state index is 10.6. The summed E-state index contributed by atoms with van der Waals surface area (Å²) in [5, 5.41) is 18.8. The lowest BCUT2D eigenvalue weighted by Gasteiger charge is -2.43. The molecule has 4 rings (SSSR count). The molecule has 0 bridgehead atoms. The Hall–Kier alpha value is -2.35. The van der Waals surface area contributed by atoms with Gasteiger partial charge in [0.15, 0.2) is 0 Å². The van der Waals surface area contributed by atoms with Gasteiger partial charge in [-0.2, -0.15) is 31.4 Å². The van der Waals surface area contributed by atoms with Crippen molar-refractivity contribution < 1.29 is 46.1 Å². The van der Waals surface area contributed by atoms with Crippen LogP contribution in [0.5, 0.6) is 0 Å². The van der Waals surface area contributed by atoms with Gasteiger partial charge in [-0.15, -0.1) is 0 Å². The van der Waals surface area contributed by atoms with Crippen molar-refractivity contribution in [2.24, 2.45) is 0 Å². The van der Waals surface area contributed by atoms with Crippen LogP contribution in [0.4, 0.5) is 26.3 Å². The van der Waals surface area contributed by atoms with Gasteiger partial charge in [0.1, 0.15) is 0 Å². The molecule has 0 radical (unpaired) electrons. The van der Waals surface area contributed by atoms with Crippen LogP contribution in [0, 0.1) is 0 Å². The van der Waals surface area contributed by atoms with Crippen LogP contribution in [0.25, 0.3) is 0 Å². The first-order valence-electron chi connectivity index (χ1n) is 10.9. The van der Waals surface area contributed by atoms with Crippen molar-refractivity contribution in [1.82, 2.24) is 19.6 Å². The van der Waals surface area contributed by atoms with E-state index < -0.39 is 24.3 Å². The number of hydrogen-bond donors (Lipinski definition) is 2. The van der Waals surface area contributed by atoms with E-state index in [0.717, 1.165) is 12.6 Å². The van der Waals surface area contributed by atoms with Crippen molar-refractivity contribution in [2.45, 2.75) is 69.5 Å². The Morgan fingerprint density at radius 3 is 1.94 bits per heavy atom. The minimum atomic E-state index is -5.08. The fourth-order valence-corrected chi connectivity index (χ4v) is 4.00. The van der Waals surface area contributed by atoms with Crippen LogP contribution >= 0.6 is 0 Å². The highest BCUT2D eigenvalue weighted by Gasteiger charge is 2.39. The van der Waals surface area contributed by atoms with Gasteiger partial charge in [0.05, 0.1) is 11.7 Å². The molecule has 2 aliphatic heterocycles. The number of hydrogen-bond acceptors (Lipinski definition) is 5. The molecule has 1 unspecified atom stereocenters. The van der Waals surface area contributed by atoms with Crippen molar-refractivity contribution in [3.05, 3.63) is 18.0 Å². The molecule has 1 aromatic heterocycles. The predicted molar refractivity (Wildman–Crippen MR) is 107 cm³/mol. The summed E-state index contributed by atoms with van der Waals surface area (Å²) in [5.74, 6) is -5.51.